The van der Waals surface area contributed by atoms with Gasteiger partial charge in [0.1, 0.15) is 0 Å². The van der Waals surface area contributed by atoms with Crippen LogP contribution < -0.4 is 5.73 Å². The smallest absolute Gasteiger partial charge is 0.151 e. The molecule has 0 saturated carbocycles. The standard InChI is InChI=1S/C7H17NO3/c1-6(5-8)11-4-2-3-7(9)10/h6-7,9-10H,2-5,8H2,1H3. The summed E-state index contributed by atoms with van der Waals surface area (Å²) in [4.78, 5) is 0. The first-order chi connectivity index (χ1) is 5.16. The summed E-state index contributed by atoms with van der Waals surface area (Å²) in [6, 6.07) is 0. The van der Waals surface area contributed by atoms with Crippen molar-refractivity contribution in [3.8, 4) is 0 Å². The minimum absolute atomic E-state index is 0.0610. The van der Waals surface area contributed by atoms with Gasteiger partial charge in [-0.1, -0.05) is 0 Å². The lowest BCUT2D eigenvalue weighted by Crippen LogP contribution is -2.20. The molecule has 68 valence electrons. The quantitative estimate of drug-likeness (QED) is 0.362. The molecular formula is C7H17NO3. The SMILES string of the molecule is CC(CN)OCCCC(O)O. The van der Waals surface area contributed by atoms with E-state index in [1.165, 1.54) is 0 Å². The van der Waals surface area contributed by atoms with Crippen molar-refractivity contribution in [1.29, 1.82) is 0 Å². The van der Waals surface area contributed by atoms with Crippen LogP contribution in [0.2, 0.25) is 0 Å². The number of rotatable bonds is 6. The summed E-state index contributed by atoms with van der Waals surface area (Å²) in [7, 11) is 0. The maximum Gasteiger partial charge on any atom is 0.151 e. The predicted octanol–water partition coefficient (Wildman–Crippen LogP) is -0.559. The van der Waals surface area contributed by atoms with E-state index in [1.54, 1.807) is 0 Å². The molecule has 1 unspecified atom stereocenters. The van der Waals surface area contributed by atoms with E-state index in [9.17, 15) is 0 Å². The number of nitrogens with two attached hydrogens (primary N) is 1. The van der Waals surface area contributed by atoms with E-state index in [1.807, 2.05) is 6.92 Å². The third-order valence-corrected chi connectivity index (χ3v) is 1.34. The van der Waals surface area contributed by atoms with Gasteiger partial charge in [0, 0.05) is 19.6 Å². The summed E-state index contributed by atoms with van der Waals surface area (Å²) in [6.45, 7) is 2.92. The van der Waals surface area contributed by atoms with Crippen molar-refractivity contribution in [3.05, 3.63) is 0 Å². The fourth-order valence-electron chi connectivity index (χ4n) is 0.618. The summed E-state index contributed by atoms with van der Waals surface area (Å²) in [5.74, 6) is 0. The van der Waals surface area contributed by atoms with E-state index in [0.717, 1.165) is 0 Å². The number of hydrogen-bond donors (Lipinski definition) is 3. The van der Waals surface area contributed by atoms with Crippen LogP contribution >= 0.6 is 0 Å². The van der Waals surface area contributed by atoms with Crippen LogP contribution in [0.5, 0.6) is 0 Å². The summed E-state index contributed by atoms with van der Waals surface area (Å²) in [5, 5.41) is 16.9. The van der Waals surface area contributed by atoms with Crippen LogP contribution in [0.1, 0.15) is 19.8 Å². The molecule has 0 aromatic rings. The van der Waals surface area contributed by atoms with Gasteiger partial charge in [0.15, 0.2) is 6.29 Å². The molecule has 0 amide bonds. The summed E-state index contributed by atoms with van der Waals surface area (Å²) < 4.78 is 5.19. The van der Waals surface area contributed by atoms with Crippen molar-refractivity contribution in [3.63, 3.8) is 0 Å². The lowest BCUT2D eigenvalue weighted by atomic mass is 10.3. The van der Waals surface area contributed by atoms with Gasteiger partial charge in [-0.15, -0.1) is 0 Å². The summed E-state index contributed by atoms with van der Waals surface area (Å²) >= 11 is 0. The van der Waals surface area contributed by atoms with Crippen molar-refractivity contribution < 1.29 is 14.9 Å². The highest BCUT2D eigenvalue weighted by atomic mass is 16.5. The maximum atomic E-state index is 8.45. The molecule has 0 rings (SSSR count). The Kier molecular flexibility index (Phi) is 6.45. The van der Waals surface area contributed by atoms with E-state index in [0.29, 0.717) is 26.0 Å². The average Bonchev–Trinajstić information content (AvgIpc) is 1.97. The Morgan fingerprint density at radius 3 is 2.55 bits per heavy atom. The van der Waals surface area contributed by atoms with E-state index in [-0.39, 0.29) is 6.10 Å². The lowest BCUT2D eigenvalue weighted by Gasteiger charge is -2.10. The summed E-state index contributed by atoms with van der Waals surface area (Å²) in [5.41, 5.74) is 5.29. The zero-order chi connectivity index (χ0) is 8.69. The van der Waals surface area contributed by atoms with Gasteiger partial charge < -0.3 is 20.7 Å². The van der Waals surface area contributed by atoms with Crippen LogP contribution in [0.4, 0.5) is 0 Å². The van der Waals surface area contributed by atoms with Gasteiger partial charge in [0.05, 0.1) is 6.10 Å². The molecule has 4 nitrogen and oxygen atoms in total. The third kappa shape index (κ3) is 7.74. The van der Waals surface area contributed by atoms with Crippen LogP contribution in [0, 0.1) is 0 Å². The number of hydrogen-bond acceptors (Lipinski definition) is 4. The Hall–Kier alpha value is -0.160. The maximum absolute atomic E-state index is 8.45. The second kappa shape index (κ2) is 6.54. The molecule has 0 heterocycles. The highest BCUT2D eigenvalue weighted by Crippen LogP contribution is 1.96. The van der Waals surface area contributed by atoms with E-state index < -0.39 is 6.29 Å². The highest BCUT2D eigenvalue weighted by Gasteiger charge is 1.99. The molecule has 0 aliphatic carbocycles. The molecule has 4 N–H and O–H groups in total. The van der Waals surface area contributed by atoms with Crippen LogP contribution in [0.3, 0.4) is 0 Å². The molecule has 0 aliphatic rings. The molecule has 0 saturated heterocycles. The molecule has 4 heteroatoms. The first-order valence-electron chi connectivity index (χ1n) is 3.84. The van der Waals surface area contributed by atoms with Gasteiger partial charge in [-0.3, -0.25) is 0 Å². The Morgan fingerprint density at radius 1 is 1.45 bits per heavy atom. The Labute approximate surface area is 67.0 Å². The van der Waals surface area contributed by atoms with E-state index >= 15 is 0 Å². The minimum Gasteiger partial charge on any atom is -0.377 e. The monoisotopic (exact) mass is 163 g/mol. The van der Waals surface area contributed by atoms with Crippen molar-refractivity contribution in [2.45, 2.75) is 32.2 Å². The van der Waals surface area contributed by atoms with E-state index in [4.69, 9.17) is 20.7 Å². The number of ether oxygens (including phenoxy) is 1. The van der Waals surface area contributed by atoms with Crippen molar-refractivity contribution in [1.82, 2.24) is 0 Å². The Balaban J connectivity index is 3.01. The average molecular weight is 163 g/mol. The van der Waals surface area contributed by atoms with Crippen molar-refractivity contribution >= 4 is 0 Å². The van der Waals surface area contributed by atoms with Crippen molar-refractivity contribution in [2.24, 2.45) is 5.73 Å². The second-order valence-electron chi connectivity index (χ2n) is 2.54. The first-order valence-corrected chi connectivity index (χ1v) is 3.84. The van der Waals surface area contributed by atoms with E-state index in [2.05, 4.69) is 0 Å². The fourth-order valence-corrected chi connectivity index (χ4v) is 0.618. The number of aliphatic hydroxyl groups is 2. The molecular weight excluding hydrogens is 146 g/mol. The molecule has 0 aromatic heterocycles. The van der Waals surface area contributed by atoms with Crippen LogP contribution in [0.15, 0.2) is 0 Å². The van der Waals surface area contributed by atoms with Crippen molar-refractivity contribution in [2.75, 3.05) is 13.2 Å². The third-order valence-electron chi connectivity index (χ3n) is 1.34. The molecule has 0 spiro atoms. The molecule has 1 atom stereocenters. The molecule has 11 heavy (non-hydrogen) atoms. The minimum atomic E-state index is -1.22. The van der Waals surface area contributed by atoms with Crippen LogP contribution in [-0.4, -0.2) is 35.8 Å². The topological polar surface area (TPSA) is 75.7 Å². The van der Waals surface area contributed by atoms with Gasteiger partial charge >= 0.3 is 0 Å². The Bertz CT molecular complexity index is 87.8. The largest absolute Gasteiger partial charge is 0.377 e. The van der Waals surface area contributed by atoms with Crippen LogP contribution in [-0.2, 0) is 4.74 Å². The molecule has 0 fully saturated rings. The zero-order valence-corrected chi connectivity index (χ0v) is 6.86. The lowest BCUT2D eigenvalue weighted by molar-refractivity contribution is -0.0525. The predicted molar refractivity (Wildman–Crippen MR) is 41.9 cm³/mol. The van der Waals surface area contributed by atoms with Gasteiger partial charge in [-0.2, -0.15) is 0 Å². The summed E-state index contributed by atoms with van der Waals surface area (Å²) in [6.07, 6.45) is -0.142. The second-order valence-corrected chi connectivity index (χ2v) is 2.54. The first kappa shape index (κ1) is 10.8. The Morgan fingerprint density at radius 2 is 2.09 bits per heavy atom. The molecule has 0 aliphatic heterocycles. The number of aliphatic hydroxyl groups excluding tert-OH is 1. The molecule has 0 bridgehead atoms. The van der Waals surface area contributed by atoms with Crippen LogP contribution in [0.25, 0.3) is 0 Å². The van der Waals surface area contributed by atoms with Gasteiger partial charge in [-0.05, 0) is 13.3 Å². The molecule has 0 radical (unpaired) electrons. The normalized spacial score (nSPS) is 13.9. The van der Waals surface area contributed by atoms with Gasteiger partial charge in [0.2, 0.25) is 0 Å². The zero-order valence-electron chi connectivity index (χ0n) is 6.86. The van der Waals surface area contributed by atoms with Gasteiger partial charge in [0.25, 0.3) is 0 Å². The molecule has 0 aromatic carbocycles. The van der Waals surface area contributed by atoms with Gasteiger partial charge in [-0.25, -0.2) is 0 Å². The highest BCUT2D eigenvalue weighted by molar-refractivity contribution is 4.49. The fraction of sp³-hybridized carbons (Fsp3) is 1.00.